The predicted molar refractivity (Wildman–Crippen MR) is 84.8 cm³/mol. The normalized spacial score (nSPS) is 12.0. The second-order valence-corrected chi connectivity index (χ2v) is 5.45. The number of benzene rings is 1. The maximum atomic E-state index is 12.3. The molecule has 1 aromatic heterocycles. The quantitative estimate of drug-likeness (QED) is 0.900. The predicted octanol–water partition coefficient (Wildman–Crippen LogP) is 4.20. The summed E-state index contributed by atoms with van der Waals surface area (Å²) in [6.45, 7) is 2.05. The molecular formula is C16H19ClN2O2. The second kappa shape index (κ2) is 6.68. The number of hydrogen-bond acceptors (Lipinski definition) is 3. The third-order valence-electron chi connectivity index (χ3n) is 3.24. The van der Waals surface area contributed by atoms with Gasteiger partial charge in [0.2, 0.25) is 0 Å². The lowest BCUT2D eigenvalue weighted by Crippen LogP contribution is -2.23. The van der Waals surface area contributed by atoms with E-state index in [0.717, 1.165) is 12.2 Å². The van der Waals surface area contributed by atoms with Crippen LogP contribution < -0.4 is 5.32 Å². The van der Waals surface area contributed by atoms with Crippen molar-refractivity contribution < 1.29 is 9.21 Å². The minimum absolute atomic E-state index is 0.00724. The van der Waals surface area contributed by atoms with Gasteiger partial charge < -0.3 is 14.6 Å². The smallest absolute Gasteiger partial charge is 0.255 e. The van der Waals surface area contributed by atoms with E-state index in [-0.39, 0.29) is 11.9 Å². The van der Waals surface area contributed by atoms with Crippen LogP contribution in [0.3, 0.4) is 0 Å². The summed E-state index contributed by atoms with van der Waals surface area (Å²) >= 11 is 6.06. The third kappa shape index (κ3) is 3.58. The Balaban J connectivity index is 2.33. The Kier molecular flexibility index (Phi) is 4.91. The summed E-state index contributed by atoms with van der Waals surface area (Å²) in [4.78, 5) is 13.8. The molecule has 21 heavy (non-hydrogen) atoms. The van der Waals surface area contributed by atoms with Crippen LogP contribution in [0.4, 0.5) is 5.69 Å². The Labute approximate surface area is 129 Å². The molecule has 0 aliphatic heterocycles. The van der Waals surface area contributed by atoms with Crippen molar-refractivity contribution in [3.8, 4) is 0 Å². The fourth-order valence-corrected chi connectivity index (χ4v) is 2.29. The van der Waals surface area contributed by atoms with Crippen LogP contribution in [-0.4, -0.2) is 24.9 Å². The van der Waals surface area contributed by atoms with Crippen LogP contribution in [0.25, 0.3) is 0 Å². The molecule has 1 heterocycles. The minimum Gasteiger partial charge on any atom is -0.467 e. The number of nitrogens with zero attached hydrogens (tertiary/aromatic N) is 1. The van der Waals surface area contributed by atoms with Gasteiger partial charge in [0, 0.05) is 24.8 Å². The molecule has 5 heteroatoms. The largest absolute Gasteiger partial charge is 0.467 e. The first-order chi connectivity index (χ1) is 10.0. The number of hydrogen-bond donors (Lipinski definition) is 1. The standard InChI is InChI=1S/C16H19ClN2O2/c1-4-13(15-6-5-9-21-15)18-14-10-11(17)7-8-12(14)16(20)19(2)3/h5-10,13,18H,4H2,1-3H3. The molecule has 1 amide bonds. The SMILES string of the molecule is CCC(Nc1cc(Cl)ccc1C(=O)N(C)C)c1ccco1. The van der Waals surface area contributed by atoms with E-state index in [4.69, 9.17) is 16.0 Å². The molecule has 0 aliphatic carbocycles. The van der Waals surface area contributed by atoms with Crippen molar-refractivity contribution in [3.05, 3.63) is 52.9 Å². The fraction of sp³-hybridized carbons (Fsp3) is 0.312. The number of rotatable bonds is 5. The average Bonchev–Trinajstić information content (AvgIpc) is 2.98. The van der Waals surface area contributed by atoms with Crippen LogP contribution in [0.1, 0.15) is 35.5 Å². The highest BCUT2D eigenvalue weighted by atomic mass is 35.5. The van der Waals surface area contributed by atoms with Gasteiger partial charge in [-0.15, -0.1) is 0 Å². The zero-order valence-electron chi connectivity index (χ0n) is 12.4. The van der Waals surface area contributed by atoms with Crippen LogP contribution in [0.5, 0.6) is 0 Å². The Hall–Kier alpha value is -1.94. The number of halogens is 1. The Morgan fingerprint density at radius 2 is 2.14 bits per heavy atom. The fourth-order valence-electron chi connectivity index (χ4n) is 2.11. The molecule has 0 bridgehead atoms. The van der Waals surface area contributed by atoms with Crippen molar-refractivity contribution in [2.75, 3.05) is 19.4 Å². The first kappa shape index (κ1) is 15.4. The maximum absolute atomic E-state index is 12.3. The van der Waals surface area contributed by atoms with Crippen molar-refractivity contribution in [1.82, 2.24) is 4.90 Å². The summed E-state index contributed by atoms with van der Waals surface area (Å²) in [6.07, 6.45) is 2.47. The highest BCUT2D eigenvalue weighted by Crippen LogP contribution is 2.28. The van der Waals surface area contributed by atoms with Gasteiger partial charge in [0.25, 0.3) is 5.91 Å². The van der Waals surface area contributed by atoms with E-state index in [1.54, 1.807) is 43.5 Å². The summed E-state index contributed by atoms with van der Waals surface area (Å²) in [6, 6.07) is 8.98. The molecule has 2 rings (SSSR count). The van der Waals surface area contributed by atoms with Crippen LogP contribution in [0.2, 0.25) is 5.02 Å². The molecule has 0 spiro atoms. The lowest BCUT2D eigenvalue weighted by molar-refractivity contribution is 0.0828. The summed E-state index contributed by atoms with van der Waals surface area (Å²) in [7, 11) is 3.45. The number of furan rings is 1. The maximum Gasteiger partial charge on any atom is 0.255 e. The summed E-state index contributed by atoms with van der Waals surface area (Å²) in [5, 5.41) is 3.94. The molecule has 0 aliphatic rings. The van der Waals surface area contributed by atoms with Gasteiger partial charge in [0.1, 0.15) is 5.76 Å². The van der Waals surface area contributed by atoms with E-state index >= 15 is 0 Å². The average molecular weight is 307 g/mol. The van der Waals surface area contributed by atoms with E-state index < -0.39 is 0 Å². The molecule has 2 aromatic rings. The van der Waals surface area contributed by atoms with Gasteiger partial charge in [-0.1, -0.05) is 18.5 Å². The lowest BCUT2D eigenvalue weighted by Gasteiger charge is -2.20. The zero-order chi connectivity index (χ0) is 15.4. The van der Waals surface area contributed by atoms with Gasteiger partial charge in [0.15, 0.2) is 0 Å². The second-order valence-electron chi connectivity index (χ2n) is 5.01. The Bertz CT molecular complexity index is 609. The Morgan fingerprint density at radius 1 is 1.38 bits per heavy atom. The first-order valence-electron chi connectivity index (χ1n) is 6.84. The molecule has 112 valence electrons. The minimum atomic E-state index is -0.0662. The highest BCUT2D eigenvalue weighted by Gasteiger charge is 2.18. The number of nitrogens with one attached hydrogen (secondary N) is 1. The molecule has 0 fully saturated rings. The summed E-state index contributed by atoms with van der Waals surface area (Å²) in [5.74, 6) is 0.768. The van der Waals surface area contributed by atoms with Crippen molar-refractivity contribution in [2.45, 2.75) is 19.4 Å². The number of carbonyl (C=O) groups excluding carboxylic acids is 1. The molecule has 1 atom stereocenters. The van der Waals surface area contributed by atoms with Gasteiger partial charge >= 0.3 is 0 Å². The van der Waals surface area contributed by atoms with E-state index in [1.807, 2.05) is 12.1 Å². The molecule has 0 radical (unpaired) electrons. The van der Waals surface area contributed by atoms with Crippen molar-refractivity contribution >= 4 is 23.2 Å². The molecule has 0 saturated heterocycles. The first-order valence-corrected chi connectivity index (χ1v) is 7.22. The van der Waals surface area contributed by atoms with Crippen LogP contribution in [0.15, 0.2) is 41.0 Å². The van der Waals surface area contributed by atoms with Gasteiger partial charge in [-0.2, -0.15) is 0 Å². The van der Waals surface area contributed by atoms with E-state index in [2.05, 4.69) is 12.2 Å². The van der Waals surface area contributed by atoms with Gasteiger partial charge in [0.05, 0.1) is 17.9 Å². The molecule has 0 saturated carbocycles. The number of carbonyl (C=O) groups is 1. The summed E-state index contributed by atoms with van der Waals surface area (Å²) < 4.78 is 5.45. The van der Waals surface area contributed by atoms with Crippen LogP contribution >= 0.6 is 11.6 Å². The zero-order valence-corrected chi connectivity index (χ0v) is 13.1. The highest BCUT2D eigenvalue weighted by molar-refractivity contribution is 6.31. The lowest BCUT2D eigenvalue weighted by atomic mass is 10.1. The van der Waals surface area contributed by atoms with E-state index in [1.165, 1.54) is 0 Å². The van der Waals surface area contributed by atoms with Crippen molar-refractivity contribution in [2.24, 2.45) is 0 Å². The topological polar surface area (TPSA) is 45.5 Å². The monoisotopic (exact) mass is 306 g/mol. The number of amides is 1. The van der Waals surface area contributed by atoms with E-state index in [9.17, 15) is 4.79 Å². The molecule has 1 unspecified atom stereocenters. The van der Waals surface area contributed by atoms with Gasteiger partial charge in [-0.25, -0.2) is 0 Å². The van der Waals surface area contributed by atoms with E-state index in [0.29, 0.717) is 16.3 Å². The van der Waals surface area contributed by atoms with Crippen molar-refractivity contribution in [1.29, 1.82) is 0 Å². The van der Waals surface area contributed by atoms with Gasteiger partial charge in [-0.05, 0) is 36.8 Å². The molecule has 4 nitrogen and oxygen atoms in total. The molecular weight excluding hydrogens is 288 g/mol. The third-order valence-corrected chi connectivity index (χ3v) is 3.48. The molecule has 1 aromatic carbocycles. The molecule has 1 N–H and O–H groups in total. The summed E-state index contributed by atoms with van der Waals surface area (Å²) in [5.41, 5.74) is 1.30. The Morgan fingerprint density at radius 3 is 2.71 bits per heavy atom. The number of anilines is 1. The van der Waals surface area contributed by atoms with Crippen LogP contribution in [0, 0.1) is 0 Å². The van der Waals surface area contributed by atoms with Gasteiger partial charge in [-0.3, -0.25) is 4.79 Å². The van der Waals surface area contributed by atoms with Crippen LogP contribution in [-0.2, 0) is 0 Å². The van der Waals surface area contributed by atoms with Crippen molar-refractivity contribution in [3.63, 3.8) is 0 Å².